The molecule has 4 nitrogen and oxygen atoms in total. The average Bonchev–Trinajstić information content (AvgIpc) is 3.24. The molecule has 1 saturated heterocycles. The maximum absolute atomic E-state index is 12.8. The summed E-state index contributed by atoms with van der Waals surface area (Å²) in [5, 5.41) is 5.28. The topological polar surface area (TPSA) is 39.0 Å². The molecule has 0 aliphatic carbocycles. The second-order valence-electron chi connectivity index (χ2n) is 6.56. The van der Waals surface area contributed by atoms with E-state index in [9.17, 15) is 4.79 Å². The van der Waals surface area contributed by atoms with Crippen LogP contribution in [0.4, 0.5) is 0 Å². The third-order valence-corrected chi connectivity index (χ3v) is 5.57. The van der Waals surface area contributed by atoms with Crippen LogP contribution in [0.1, 0.15) is 18.4 Å². The average molecular weight is 376 g/mol. The van der Waals surface area contributed by atoms with Crippen molar-refractivity contribution < 1.29 is 0 Å². The van der Waals surface area contributed by atoms with Crippen molar-refractivity contribution in [2.24, 2.45) is 0 Å². The molecule has 2 aromatic heterocycles. The van der Waals surface area contributed by atoms with Gasteiger partial charge in [0, 0.05) is 31.5 Å². The normalized spacial score (nSPS) is 17.4. The molecule has 130 valence electrons. The number of nitrogens with zero attached hydrogens (tertiary/aromatic N) is 2. The third-order valence-electron chi connectivity index (χ3n) is 4.83. The molecule has 0 saturated carbocycles. The van der Waals surface area contributed by atoms with Gasteiger partial charge in [-0.2, -0.15) is 0 Å². The summed E-state index contributed by atoms with van der Waals surface area (Å²) < 4.78 is 3.88. The second-order valence-corrected chi connectivity index (χ2v) is 7.37. The lowest BCUT2D eigenvalue weighted by atomic mass is 10.2. The van der Waals surface area contributed by atoms with E-state index >= 15 is 0 Å². The van der Waals surface area contributed by atoms with E-state index in [-0.39, 0.29) is 5.56 Å². The van der Waals surface area contributed by atoms with E-state index in [4.69, 9.17) is 23.2 Å². The molecule has 4 rings (SSSR count). The van der Waals surface area contributed by atoms with Gasteiger partial charge in [-0.05, 0) is 49.2 Å². The molecule has 1 aliphatic rings. The van der Waals surface area contributed by atoms with Gasteiger partial charge < -0.3 is 14.5 Å². The monoisotopic (exact) mass is 375 g/mol. The third kappa shape index (κ3) is 3.34. The summed E-state index contributed by atoms with van der Waals surface area (Å²) in [5.41, 5.74) is 2.05. The van der Waals surface area contributed by atoms with E-state index in [2.05, 4.69) is 9.88 Å². The van der Waals surface area contributed by atoms with E-state index in [1.165, 1.54) is 6.42 Å². The molecule has 0 amide bonds. The summed E-state index contributed by atoms with van der Waals surface area (Å²) in [7, 11) is 0. The number of benzene rings is 1. The van der Waals surface area contributed by atoms with Crippen LogP contribution < -0.4 is 10.9 Å². The highest BCUT2D eigenvalue weighted by atomic mass is 35.5. The zero-order chi connectivity index (χ0) is 17.4. The smallest absolute Gasteiger partial charge is 0.260 e. The van der Waals surface area contributed by atoms with E-state index in [0.29, 0.717) is 22.6 Å². The minimum absolute atomic E-state index is 0.0686. The molecule has 1 atom stereocenters. The molecule has 1 aliphatic heterocycles. The van der Waals surface area contributed by atoms with Crippen LogP contribution in [0.3, 0.4) is 0 Å². The van der Waals surface area contributed by atoms with Gasteiger partial charge in [-0.15, -0.1) is 0 Å². The Morgan fingerprint density at radius 3 is 2.68 bits per heavy atom. The van der Waals surface area contributed by atoms with Crippen LogP contribution in [0.15, 0.2) is 47.5 Å². The van der Waals surface area contributed by atoms with Crippen LogP contribution in [0.2, 0.25) is 10.0 Å². The fourth-order valence-electron chi connectivity index (χ4n) is 3.50. The maximum Gasteiger partial charge on any atom is 0.260 e. The van der Waals surface area contributed by atoms with Crippen LogP contribution in [0.25, 0.3) is 10.9 Å². The Morgan fingerprint density at radius 2 is 1.92 bits per heavy atom. The van der Waals surface area contributed by atoms with Crippen molar-refractivity contribution in [3.05, 3.63) is 68.7 Å². The Kier molecular flexibility index (Phi) is 4.59. The molecule has 0 radical (unpaired) electrons. The first-order valence-electron chi connectivity index (χ1n) is 8.47. The van der Waals surface area contributed by atoms with E-state index < -0.39 is 0 Å². The number of hydrogen-bond donors (Lipinski definition) is 1. The number of halogens is 2. The summed E-state index contributed by atoms with van der Waals surface area (Å²) in [6, 6.07) is 9.92. The van der Waals surface area contributed by atoms with Gasteiger partial charge in [-0.3, -0.25) is 4.79 Å². The fourth-order valence-corrected chi connectivity index (χ4v) is 3.82. The van der Waals surface area contributed by atoms with Crippen molar-refractivity contribution in [3.63, 3.8) is 0 Å². The summed E-state index contributed by atoms with van der Waals surface area (Å²) in [6.07, 6.45) is 6.16. The molecule has 3 aromatic rings. The lowest BCUT2D eigenvalue weighted by Crippen LogP contribution is -2.31. The summed E-state index contributed by atoms with van der Waals surface area (Å²) in [4.78, 5) is 12.8. The lowest BCUT2D eigenvalue weighted by molar-refractivity contribution is 0.501. The van der Waals surface area contributed by atoms with Crippen molar-refractivity contribution in [3.8, 4) is 0 Å². The van der Waals surface area contributed by atoms with Crippen molar-refractivity contribution >= 4 is 34.1 Å². The summed E-state index contributed by atoms with van der Waals surface area (Å²) >= 11 is 12.1. The quantitative estimate of drug-likeness (QED) is 0.750. The van der Waals surface area contributed by atoms with E-state index in [0.717, 1.165) is 36.0 Å². The standard InChI is InChI=1S/C19H19Cl2N3O/c20-16-4-3-13(10-17(16)21)11-23-8-5-15-18(23)6-9-24(19(15)25)12-14-2-1-7-22-14/h3-6,8-10,14,22H,1-2,7,11-12H2/t14-/m0/s1. The predicted molar refractivity (Wildman–Crippen MR) is 103 cm³/mol. The molecule has 25 heavy (non-hydrogen) atoms. The SMILES string of the molecule is O=c1c2ccn(Cc3ccc(Cl)c(Cl)c3)c2ccn1C[C@@H]1CCCN1. The zero-order valence-electron chi connectivity index (χ0n) is 13.7. The van der Waals surface area contributed by atoms with Gasteiger partial charge in [0.2, 0.25) is 0 Å². The first-order chi connectivity index (χ1) is 12.1. The van der Waals surface area contributed by atoms with Crippen molar-refractivity contribution in [2.75, 3.05) is 6.54 Å². The van der Waals surface area contributed by atoms with Crippen LogP contribution in [0, 0.1) is 0 Å². The highest BCUT2D eigenvalue weighted by molar-refractivity contribution is 6.42. The Labute approximate surface area is 156 Å². The number of rotatable bonds is 4. The Morgan fingerprint density at radius 1 is 1.08 bits per heavy atom. The molecule has 3 heterocycles. The van der Waals surface area contributed by atoms with Crippen molar-refractivity contribution in [1.82, 2.24) is 14.5 Å². The Bertz CT molecular complexity index is 970. The lowest BCUT2D eigenvalue weighted by Gasteiger charge is -2.13. The van der Waals surface area contributed by atoms with Gasteiger partial charge in [0.1, 0.15) is 0 Å². The minimum atomic E-state index is 0.0686. The summed E-state index contributed by atoms with van der Waals surface area (Å²) in [6.45, 7) is 2.42. The molecule has 0 unspecified atom stereocenters. The highest BCUT2D eigenvalue weighted by Crippen LogP contribution is 2.24. The van der Waals surface area contributed by atoms with Gasteiger partial charge in [0.15, 0.2) is 0 Å². The molecule has 1 aromatic carbocycles. The van der Waals surface area contributed by atoms with Gasteiger partial charge in [-0.1, -0.05) is 29.3 Å². The fraction of sp³-hybridized carbons (Fsp3) is 0.316. The number of hydrogen-bond acceptors (Lipinski definition) is 2. The van der Waals surface area contributed by atoms with Gasteiger partial charge in [0.05, 0.1) is 20.9 Å². The van der Waals surface area contributed by atoms with Crippen LogP contribution in [-0.2, 0) is 13.1 Å². The second kappa shape index (κ2) is 6.87. The molecule has 0 spiro atoms. The van der Waals surface area contributed by atoms with E-state index in [1.54, 1.807) is 6.07 Å². The number of fused-ring (bicyclic) bond motifs is 1. The molecule has 6 heteroatoms. The predicted octanol–water partition coefficient (Wildman–Crippen LogP) is 3.91. The maximum atomic E-state index is 12.8. The Balaban J connectivity index is 1.64. The molecular formula is C19H19Cl2N3O. The number of nitrogens with one attached hydrogen (secondary N) is 1. The highest BCUT2D eigenvalue weighted by Gasteiger charge is 2.16. The molecular weight excluding hydrogens is 357 g/mol. The largest absolute Gasteiger partial charge is 0.343 e. The van der Waals surface area contributed by atoms with E-state index in [1.807, 2.05) is 41.2 Å². The van der Waals surface area contributed by atoms with Crippen molar-refractivity contribution in [1.29, 1.82) is 0 Å². The van der Waals surface area contributed by atoms with Crippen LogP contribution >= 0.6 is 23.2 Å². The first-order valence-corrected chi connectivity index (χ1v) is 9.23. The zero-order valence-corrected chi connectivity index (χ0v) is 15.2. The van der Waals surface area contributed by atoms with Crippen molar-refractivity contribution in [2.45, 2.75) is 32.0 Å². The summed E-state index contributed by atoms with van der Waals surface area (Å²) in [5.74, 6) is 0. The first kappa shape index (κ1) is 16.7. The minimum Gasteiger partial charge on any atom is -0.343 e. The number of pyridine rings is 1. The van der Waals surface area contributed by atoms with Gasteiger partial charge in [-0.25, -0.2) is 0 Å². The molecule has 0 bridgehead atoms. The van der Waals surface area contributed by atoms with Gasteiger partial charge >= 0.3 is 0 Å². The van der Waals surface area contributed by atoms with Crippen LogP contribution in [-0.4, -0.2) is 21.7 Å². The molecule has 1 fully saturated rings. The Hall–Kier alpha value is -1.75. The molecule has 1 N–H and O–H groups in total. The van der Waals surface area contributed by atoms with Gasteiger partial charge in [0.25, 0.3) is 5.56 Å². The van der Waals surface area contributed by atoms with Crippen LogP contribution in [0.5, 0.6) is 0 Å². The number of aromatic nitrogens is 2.